The highest BCUT2D eigenvalue weighted by atomic mass is 15.2. The molecule has 1 heterocycles. The molecule has 0 bridgehead atoms. The molecule has 0 spiro atoms. The molecule has 0 aliphatic heterocycles. The molecular weight excluding hydrogens is 246 g/mol. The van der Waals surface area contributed by atoms with Gasteiger partial charge in [-0.15, -0.1) is 0 Å². The topological polar surface area (TPSA) is 29.0 Å². The fourth-order valence-electron chi connectivity index (χ4n) is 2.59. The Morgan fingerprint density at radius 3 is 2.50 bits per heavy atom. The van der Waals surface area contributed by atoms with Crippen LogP contribution in [0.25, 0.3) is 0 Å². The summed E-state index contributed by atoms with van der Waals surface area (Å²) in [6.07, 6.45) is 12.1. The number of anilines is 1. The molecule has 1 rings (SSSR count). The van der Waals surface area contributed by atoms with Crippen molar-refractivity contribution in [3.8, 4) is 0 Å². The summed E-state index contributed by atoms with van der Waals surface area (Å²) in [5.74, 6) is 1.17. The van der Waals surface area contributed by atoms with Crippen molar-refractivity contribution in [2.75, 3.05) is 11.4 Å². The number of nitrogens with zero attached hydrogens (tertiary/aromatic N) is 3. The molecule has 1 unspecified atom stereocenters. The SMILES string of the molecule is CCCCc1cncnc1N(CCCC)C(C)CCC. The van der Waals surface area contributed by atoms with Crippen LogP contribution >= 0.6 is 0 Å². The lowest BCUT2D eigenvalue weighted by Crippen LogP contribution is -2.35. The Morgan fingerprint density at radius 2 is 1.85 bits per heavy atom. The lowest BCUT2D eigenvalue weighted by molar-refractivity contribution is 0.558. The lowest BCUT2D eigenvalue weighted by atomic mass is 10.1. The maximum atomic E-state index is 4.60. The van der Waals surface area contributed by atoms with Crippen LogP contribution in [0.5, 0.6) is 0 Å². The predicted molar refractivity (Wildman–Crippen MR) is 87.3 cm³/mol. The Bertz CT molecular complexity index is 365. The van der Waals surface area contributed by atoms with E-state index in [1.807, 2.05) is 6.20 Å². The van der Waals surface area contributed by atoms with Crippen LogP contribution in [-0.2, 0) is 6.42 Å². The highest BCUT2D eigenvalue weighted by molar-refractivity contribution is 5.46. The maximum absolute atomic E-state index is 4.60. The zero-order valence-electron chi connectivity index (χ0n) is 13.7. The van der Waals surface area contributed by atoms with E-state index in [4.69, 9.17) is 0 Å². The van der Waals surface area contributed by atoms with Gasteiger partial charge in [0, 0.05) is 24.3 Å². The van der Waals surface area contributed by atoms with E-state index in [0.717, 1.165) is 13.0 Å². The first-order valence-corrected chi connectivity index (χ1v) is 8.30. The monoisotopic (exact) mass is 277 g/mol. The highest BCUT2D eigenvalue weighted by Gasteiger charge is 2.17. The van der Waals surface area contributed by atoms with Crippen LogP contribution in [0.2, 0.25) is 0 Å². The average Bonchev–Trinajstić information content (AvgIpc) is 2.47. The molecular formula is C17H31N3. The second-order valence-electron chi connectivity index (χ2n) is 5.66. The van der Waals surface area contributed by atoms with E-state index in [0.29, 0.717) is 6.04 Å². The summed E-state index contributed by atoms with van der Waals surface area (Å²) in [6.45, 7) is 10.2. The van der Waals surface area contributed by atoms with Gasteiger partial charge in [0.25, 0.3) is 0 Å². The smallest absolute Gasteiger partial charge is 0.135 e. The average molecular weight is 277 g/mol. The standard InChI is InChI=1S/C17H31N3/c1-5-8-11-16-13-18-14-19-17(16)20(12-9-6-2)15(4)10-7-3/h13-15H,5-12H2,1-4H3. The zero-order valence-corrected chi connectivity index (χ0v) is 13.7. The quantitative estimate of drug-likeness (QED) is 0.625. The molecule has 0 N–H and O–H groups in total. The number of rotatable bonds is 10. The zero-order chi connectivity index (χ0) is 14.8. The van der Waals surface area contributed by atoms with Crippen molar-refractivity contribution >= 4 is 5.82 Å². The molecule has 1 aromatic heterocycles. The largest absolute Gasteiger partial charge is 0.354 e. The molecule has 0 aliphatic carbocycles. The third kappa shape index (κ3) is 5.10. The molecule has 0 saturated heterocycles. The van der Waals surface area contributed by atoms with Crippen LogP contribution in [0.15, 0.2) is 12.5 Å². The second kappa shape index (κ2) is 9.73. The minimum atomic E-state index is 0.557. The Morgan fingerprint density at radius 1 is 1.10 bits per heavy atom. The van der Waals surface area contributed by atoms with Crippen LogP contribution in [0, 0.1) is 0 Å². The molecule has 0 fully saturated rings. The molecule has 3 heteroatoms. The predicted octanol–water partition coefficient (Wildman–Crippen LogP) is 4.61. The van der Waals surface area contributed by atoms with Gasteiger partial charge in [-0.1, -0.05) is 40.0 Å². The van der Waals surface area contributed by atoms with Crippen molar-refractivity contribution in [2.24, 2.45) is 0 Å². The van der Waals surface area contributed by atoms with Gasteiger partial charge >= 0.3 is 0 Å². The van der Waals surface area contributed by atoms with Gasteiger partial charge in [-0.2, -0.15) is 0 Å². The number of aromatic nitrogens is 2. The van der Waals surface area contributed by atoms with Crippen LogP contribution in [0.1, 0.15) is 71.8 Å². The Hall–Kier alpha value is -1.12. The Labute approximate surface area is 124 Å². The van der Waals surface area contributed by atoms with Crippen molar-refractivity contribution in [1.82, 2.24) is 9.97 Å². The summed E-state index contributed by atoms with van der Waals surface area (Å²) in [5.41, 5.74) is 1.31. The van der Waals surface area contributed by atoms with Crippen LogP contribution in [0.3, 0.4) is 0 Å². The van der Waals surface area contributed by atoms with Crippen molar-refractivity contribution < 1.29 is 0 Å². The second-order valence-corrected chi connectivity index (χ2v) is 5.66. The molecule has 0 aromatic carbocycles. The summed E-state index contributed by atoms with van der Waals surface area (Å²) < 4.78 is 0. The minimum absolute atomic E-state index is 0.557. The van der Waals surface area contributed by atoms with E-state index in [-0.39, 0.29) is 0 Å². The number of hydrogen-bond donors (Lipinski definition) is 0. The van der Waals surface area contributed by atoms with Gasteiger partial charge in [0.05, 0.1) is 0 Å². The Kier molecular flexibility index (Phi) is 8.24. The third-order valence-electron chi connectivity index (χ3n) is 3.83. The molecule has 0 radical (unpaired) electrons. The van der Waals surface area contributed by atoms with Crippen LogP contribution in [0.4, 0.5) is 5.82 Å². The van der Waals surface area contributed by atoms with Crippen molar-refractivity contribution in [3.05, 3.63) is 18.1 Å². The van der Waals surface area contributed by atoms with Gasteiger partial charge in [0.1, 0.15) is 12.1 Å². The van der Waals surface area contributed by atoms with E-state index in [1.165, 1.54) is 49.9 Å². The van der Waals surface area contributed by atoms with Gasteiger partial charge in [-0.05, 0) is 32.6 Å². The summed E-state index contributed by atoms with van der Waals surface area (Å²) >= 11 is 0. The highest BCUT2D eigenvalue weighted by Crippen LogP contribution is 2.23. The molecule has 0 saturated carbocycles. The number of aryl methyl sites for hydroxylation is 1. The van der Waals surface area contributed by atoms with E-state index in [1.54, 1.807) is 6.33 Å². The van der Waals surface area contributed by atoms with E-state index >= 15 is 0 Å². The summed E-state index contributed by atoms with van der Waals surface area (Å²) in [5, 5.41) is 0. The van der Waals surface area contributed by atoms with Gasteiger partial charge < -0.3 is 4.90 Å². The molecule has 0 aliphatic rings. The molecule has 1 atom stereocenters. The normalized spacial score (nSPS) is 12.4. The first kappa shape index (κ1) is 16.9. The van der Waals surface area contributed by atoms with Gasteiger partial charge in [0.2, 0.25) is 0 Å². The van der Waals surface area contributed by atoms with Gasteiger partial charge in [-0.3, -0.25) is 0 Å². The summed E-state index contributed by atoms with van der Waals surface area (Å²) in [6, 6.07) is 0.557. The van der Waals surface area contributed by atoms with Crippen LogP contribution in [-0.4, -0.2) is 22.6 Å². The number of unbranched alkanes of at least 4 members (excludes halogenated alkanes) is 2. The Balaban J connectivity index is 2.92. The van der Waals surface area contributed by atoms with Crippen molar-refractivity contribution in [1.29, 1.82) is 0 Å². The molecule has 1 aromatic rings. The van der Waals surface area contributed by atoms with Crippen molar-refractivity contribution in [2.45, 2.75) is 78.7 Å². The first-order valence-electron chi connectivity index (χ1n) is 8.30. The maximum Gasteiger partial charge on any atom is 0.135 e. The summed E-state index contributed by atoms with van der Waals surface area (Å²) in [4.78, 5) is 11.3. The van der Waals surface area contributed by atoms with Gasteiger partial charge in [0.15, 0.2) is 0 Å². The molecule has 0 amide bonds. The van der Waals surface area contributed by atoms with Crippen LogP contribution < -0.4 is 4.90 Å². The van der Waals surface area contributed by atoms with E-state index in [2.05, 4.69) is 42.6 Å². The van der Waals surface area contributed by atoms with E-state index < -0.39 is 0 Å². The first-order chi connectivity index (χ1) is 9.74. The summed E-state index contributed by atoms with van der Waals surface area (Å²) in [7, 11) is 0. The third-order valence-corrected chi connectivity index (χ3v) is 3.83. The van der Waals surface area contributed by atoms with Crippen molar-refractivity contribution in [3.63, 3.8) is 0 Å². The molecule has 114 valence electrons. The fourth-order valence-corrected chi connectivity index (χ4v) is 2.59. The van der Waals surface area contributed by atoms with E-state index in [9.17, 15) is 0 Å². The lowest BCUT2D eigenvalue weighted by Gasteiger charge is -2.31. The molecule has 20 heavy (non-hydrogen) atoms. The fraction of sp³-hybridized carbons (Fsp3) is 0.765. The van der Waals surface area contributed by atoms with Gasteiger partial charge in [-0.25, -0.2) is 9.97 Å². The minimum Gasteiger partial charge on any atom is -0.354 e. The number of hydrogen-bond acceptors (Lipinski definition) is 3. The molecule has 3 nitrogen and oxygen atoms in total.